The van der Waals surface area contributed by atoms with Crippen LogP contribution in [0.15, 0.2) is 78.9 Å². The number of carbonyl (C=O) groups excluding carboxylic acids is 1. The van der Waals surface area contributed by atoms with E-state index in [2.05, 4.69) is 29.6 Å². The maximum absolute atomic E-state index is 13.6. The first-order chi connectivity index (χ1) is 16.1. The van der Waals surface area contributed by atoms with Crippen LogP contribution in [-0.2, 0) is 6.42 Å². The highest BCUT2D eigenvalue weighted by atomic mass is 16.5. The van der Waals surface area contributed by atoms with Gasteiger partial charge in [0.25, 0.3) is 5.91 Å². The summed E-state index contributed by atoms with van der Waals surface area (Å²) in [5.41, 5.74) is 5.61. The fraction of sp³-hybridized carbons (Fsp3) is 0.241. The highest BCUT2D eigenvalue weighted by molar-refractivity contribution is 6.07. The lowest BCUT2D eigenvalue weighted by Gasteiger charge is -2.26. The highest BCUT2D eigenvalue weighted by Gasteiger charge is 2.23. The van der Waals surface area contributed by atoms with E-state index in [9.17, 15) is 4.79 Å². The smallest absolute Gasteiger partial charge is 0.252 e. The Balaban J connectivity index is 1.56. The maximum atomic E-state index is 13.6. The number of pyridine rings is 1. The number of hydrogen-bond acceptors (Lipinski definition) is 3. The van der Waals surface area contributed by atoms with Crippen LogP contribution in [0.1, 0.15) is 54.2 Å². The molecule has 0 spiro atoms. The van der Waals surface area contributed by atoms with Crippen LogP contribution in [0.25, 0.3) is 22.2 Å². The zero-order chi connectivity index (χ0) is 22.8. The number of hydrogen-bond donors (Lipinski definition) is 1. The maximum Gasteiger partial charge on any atom is 0.252 e. The predicted molar refractivity (Wildman–Crippen MR) is 133 cm³/mol. The number of aryl methyl sites for hydroxylation is 1. The largest absolute Gasteiger partial charge is 0.490 e. The van der Waals surface area contributed by atoms with Crippen molar-refractivity contribution in [1.82, 2.24) is 10.3 Å². The van der Waals surface area contributed by atoms with Gasteiger partial charge < -0.3 is 10.1 Å². The van der Waals surface area contributed by atoms with E-state index in [0.29, 0.717) is 5.56 Å². The molecule has 0 saturated heterocycles. The second-order valence-corrected chi connectivity index (χ2v) is 8.85. The first-order valence-electron chi connectivity index (χ1n) is 11.6. The van der Waals surface area contributed by atoms with Crippen LogP contribution in [0, 0.1) is 0 Å². The quantitative estimate of drug-likeness (QED) is 0.389. The zero-order valence-electron chi connectivity index (χ0n) is 19.0. The summed E-state index contributed by atoms with van der Waals surface area (Å²) >= 11 is 0. The van der Waals surface area contributed by atoms with Crippen molar-refractivity contribution < 1.29 is 9.53 Å². The van der Waals surface area contributed by atoms with Crippen molar-refractivity contribution in [3.8, 4) is 17.0 Å². The third-order valence-electron chi connectivity index (χ3n) is 6.16. The van der Waals surface area contributed by atoms with E-state index in [-0.39, 0.29) is 18.1 Å². The van der Waals surface area contributed by atoms with E-state index < -0.39 is 0 Å². The number of nitrogens with zero attached hydrogens (tertiary/aromatic N) is 1. The van der Waals surface area contributed by atoms with E-state index in [4.69, 9.17) is 9.72 Å². The van der Waals surface area contributed by atoms with Crippen LogP contribution in [0.2, 0.25) is 0 Å². The molecule has 1 aliphatic carbocycles. The van der Waals surface area contributed by atoms with Crippen molar-refractivity contribution >= 4 is 16.8 Å². The standard InChI is InChI=1S/C29H28N2O2/c1-19(2)33-28-17-8-6-14-23(28)27-18-24(22-13-5-7-15-26(22)30-27)29(32)31-25-16-9-11-20-10-3-4-12-21(20)25/h3-8,10,12-15,17-19,25H,9,11,16H2,1-2H3,(H,31,32). The first-order valence-corrected chi connectivity index (χ1v) is 11.6. The molecule has 4 heteroatoms. The molecule has 0 radical (unpaired) electrons. The van der Waals surface area contributed by atoms with Crippen LogP contribution in [-0.4, -0.2) is 17.0 Å². The van der Waals surface area contributed by atoms with Gasteiger partial charge in [0.2, 0.25) is 0 Å². The summed E-state index contributed by atoms with van der Waals surface area (Å²) in [6.45, 7) is 4.01. The molecule has 0 aliphatic heterocycles. The van der Waals surface area contributed by atoms with E-state index in [0.717, 1.165) is 47.2 Å². The van der Waals surface area contributed by atoms with Gasteiger partial charge in [0.15, 0.2) is 0 Å². The van der Waals surface area contributed by atoms with Gasteiger partial charge in [0.1, 0.15) is 5.75 Å². The monoisotopic (exact) mass is 436 g/mol. The SMILES string of the molecule is CC(C)Oc1ccccc1-c1cc(C(=O)NC2CCCc3ccccc32)c2ccccc2n1. The van der Waals surface area contributed by atoms with Crippen molar-refractivity contribution in [2.75, 3.05) is 0 Å². The molecular weight excluding hydrogens is 408 g/mol. The Morgan fingerprint density at radius 3 is 2.64 bits per heavy atom. The minimum absolute atomic E-state index is 0.0226. The van der Waals surface area contributed by atoms with Gasteiger partial charge in [-0.2, -0.15) is 0 Å². The lowest BCUT2D eigenvalue weighted by molar-refractivity contribution is 0.0934. The molecule has 5 rings (SSSR count). The Morgan fingerprint density at radius 1 is 1.00 bits per heavy atom. The summed E-state index contributed by atoms with van der Waals surface area (Å²) in [7, 11) is 0. The molecule has 3 aromatic carbocycles. The summed E-state index contributed by atoms with van der Waals surface area (Å²) in [5, 5.41) is 4.16. The van der Waals surface area contributed by atoms with Crippen LogP contribution >= 0.6 is 0 Å². The van der Waals surface area contributed by atoms with E-state index >= 15 is 0 Å². The number of rotatable bonds is 5. The molecule has 1 amide bonds. The molecule has 0 saturated carbocycles. The molecule has 1 unspecified atom stereocenters. The Bertz CT molecular complexity index is 1310. The molecule has 166 valence electrons. The van der Waals surface area contributed by atoms with Crippen molar-refractivity contribution in [3.05, 3.63) is 95.6 Å². The molecule has 33 heavy (non-hydrogen) atoms. The molecule has 1 heterocycles. The Morgan fingerprint density at radius 2 is 1.76 bits per heavy atom. The van der Waals surface area contributed by atoms with E-state index in [1.54, 1.807) is 0 Å². The second kappa shape index (κ2) is 9.07. The zero-order valence-corrected chi connectivity index (χ0v) is 19.0. The Kier molecular flexibility index (Phi) is 5.82. The summed E-state index contributed by atoms with van der Waals surface area (Å²) < 4.78 is 6.03. The summed E-state index contributed by atoms with van der Waals surface area (Å²) in [6.07, 6.45) is 3.13. The van der Waals surface area contributed by atoms with Crippen LogP contribution in [0.5, 0.6) is 5.75 Å². The molecule has 0 bridgehead atoms. The third kappa shape index (κ3) is 4.34. The lowest BCUT2D eigenvalue weighted by Crippen LogP contribution is -2.31. The molecule has 0 fully saturated rings. The normalized spacial score (nSPS) is 15.3. The van der Waals surface area contributed by atoms with Gasteiger partial charge in [-0.25, -0.2) is 4.98 Å². The van der Waals surface area contributed by atoms with Gasteiger partial charge in [-0.05, 0) is 68.5 Å². The summed E-state index contributed by atoms with van der Waals surface area (Å²) in [4.78, 5) is 18.5. The topological polar surface area (TPSA) is 51.2 Å². The van der Waals surface area contributed by atoms with Crippen molar-refractivity contribution in [2.24, 2.45) is 0 Å². The molecular formula is C29H28N2O2. The molecule has 1 aromatic heterocycles. The fourth-order valence-corrected chi connectivity index (χ4v) is 4.68. The van der Waals surface area contributed by atoms with Gasteiger partial charge >= 0.3 is 0 Å². The Hall–Kier alpha value is -3.66. The summed E-state index contributed by atoms with van der Waals surface area (Å²) in [5.74, 6) is 0.696. The van der Waals surface area contributed by atoms with Crippen LogP contribution < -0.4 is 10.1 Å². The number of benzene rings is 3. The summed E-state index contributed by atoms with van der Waals surface area (Å²) in [6, 6.07) is 26.0. The van der Waals surface area contributed by atoms with Gasteiger partial charge in [0, 0.05) is 10.9 Å². The lowest BCUT2D eigenvalue weighted by atomic mass is 9.87. The molecule has 4 aromatic rings. The average Bonchev–Trinajstić information content (AvgIpc) is 2.83. The minimum Gasteiger partial charge on any atom is -0.490 e. The van der Waals surface area contributed by atoms with Gasteiger partial charge in [-0.1, -0.05) is 54.6 Å². The molecule has 4 nitrogen and oxygen atoms in total. The van der Waals surface area contributed by atoms with E-state index in [1.165, 1.54) is 11.1 Å². The molecule has 1 atom stereocenters. The van der Waals surface area contributed by atoms with Gasteiger partial charge in [-0.3, -0.25) is 4.79 Å². The number of fused-ring (bicyclic) bond motifs is 2. The second-order valence-electron chi connectivity index (χ2n) is 8.85. The minimum atomic E-state index is -0.0705. The van der Waals surface area contributed by atoms with E-state index in [1.807, 2.05) is 68.4 Å². The first kappa shape index (κ1) is 21.2. The third-order valence-corrected chi connectivity index (χ3v) is 6.16. The number of ether oxygens (including phenoxy) is 1. The van der Waals surface area contributed by atoms with Crippen LogP contribution in [0.4, 0.5) is 0 Å². The van der Waals surface area contributed by atoms with Crippen molar-refractivity contribution in [1.29, 1.82) is 0 Å². The highest BCUT2D eigenvalue weighted by Crippen LogP contribution is 2.33. The number of carbonyl (C=O) groups is 1. The fourth-order valence-electron chi connectivity index (χ4n) is 4.68. The number of nitrogens with one attached hydrogen (secondary N) is 1. The van der Waals surface area contributed by atoms with Gasteiger partial charge in [-0.15, -0.1) is 0 Å². The van der Waals surface area contributed by atoms with Crippen molar-refractivity contribution in [3.63, 3.8) is 0 Å². The molecule has 1 aliphatic rings. The number of aromatic nitrogens is 1. The average molecular weight is 437 g/mol. The van der Waals surface area contributed by atoms with Crippen LogP contribution in [0.3, 0.4) is 0 Å². The predicted octanol–water partition coefficient (Wildman–Crippen LogP) is 6.50. The number of amides is 1. The molecule has 1 N–H and O–H groups in total. The number of para-hydroxylation sites is 2. The Labute approximate surface area is 194 Å². The van der Waals surface area contributed by atoms with Gasteiger partial charge in [0.05, 0.1) is 28.9 Å². The van der Waals surface area contributed by atoms with Crippen molar-refractivity contribution in [2.45, 2.75) is 45.3 Å².